The van der Waals surface area contributed by atoms with E-state index in [2.05, 4.69) is 15.3 Å². The summed E-state index contributed by atoms with van der Waals surface area (Å²) in [6.07, 6.45) is 0.964. The van der Waals surface area contributed by atoms with Crippen LogP contribution in [0.15, 0.2) is 29.2 Å². The summed E-state index contributed by atoms with van der Waals surface area (Å²) < 4.78 is 5.48. The highest BCUT2D eigenvalue weighted by Crippen LogP contribution is 2.18. The minimum atomic E-state index is -0.546. The highest BCUT2D eigenvalue weighted by atomic mass is 32.1. The number of hydrogen-bond donors (Lipinski definition) is 2. The molecule has 1 unspecified atom stereocenters. The average Bonchev–Trinajstić information content (AvgIpc) is 2.89. The number of nitrogens with zero attached hydrogens (tertiary/aromatic N) is 2. The maximum Gasteiger partial charge on any atom is 0.218 e. The van der Waals surface area contributed by atoms with Crippen LogP contribution in [0.1, 0.15) is 25.5 Å². The summed E-state index contributed by atoms with van der Waals surface area (Å²) in [6, 6.07) is 3.63. The van der Waals surface area contributed by atoms with Crippen molar-refractivity contribution in [2.45, 2.75) is 26.1 Å². The number of aliphatic hydroxyl groups excluding tert-OH is 1. The van der Waals surface area contributed by atoms with Gasteiger partial charge in [-0.25, -0.2) is 9.97 Å². The van der Waals surface area contributed by atoms with Crippen molar-refractivity contribution in [1.29, 1.82) is 0 Å². The molecule has 2 N–H and O–H groups in total. The number of anilines is 1. The number of nitrogens with one attached hydrogen (secondary N) is 1. The van der Waals surface area contributed by atoms with E-state index in [9.17, 15) is 5.11 Å². The Balaban J connectivity index is 1.92. The molecule has 0 amide bonds. The lowest BCUT2D eigenvalue weighted by atomic mass is 10.2. The van der Waals surface area contributed by atoms with Crippen LogP contribution in [0.2, 0.25) is 0 Å². The molecule has 102 valence electrons. The fourth-order valence-electron chi connectivity index (χ4n) is 1.53. The SMILES string of the molecule is CC(C)Oc1cc(NCC(O)c2ccsc2)ncn1. The third-order valence-electron chi connectivity index (χ3n) is 2.40. The molecule has 0 saturated carbocycles. The van der Waals surface area contributed by atoms with Crippen molar-refractivity contribution in [3.8, 4) is 5.88 Å². The summed E-state index contributed by atoms with van der Waals surface area (Å²) >= 11 is 1.57. The number of ether oxygens (including phenoxy) is 1. The van der Waals surface area contributed by atoms with E-state index in [0.29, 0.717) is 18.2 Å². The van der Waals surface area contributed by atoms with Gasteiger partial charge in [0.2, 0.25) is 5.88 Å². The van der Waals surface area contributed by atoms with Gasteiger partial charge in [0.1, 0.15) is 12.1 Å². The van der Waals surface area contributed by atoms with Crippen LogP contribution in [0, 0.1) is 0 Å². The number of thiophene rings is 1. The number of rotatable bonds is 6. The number of aliphatic hydroxyl groups is 1. The Hall–Kier alpha value is -1.66. The van der Waals surface area contributed by atoms with E-state index < -0.39 is 6.10 Å². The molecular formula is C13H17N3O2S. The standard InChI is InChI=1S/C13H17N3O2S/c1-9(2)18-13-5-12(15-8-16-13)14-6-11(17)10-3-4-19-7-10/h3-5,7-9,11,17H,6H2,1-2H3,(H,14,15,16). The van der Waals surface area contributed by atoms with Crippen LogP contribution in [0.25, 0.3) is 0 Å². The molecular weight excluding hydrogens is 262 g/mol. The van der Waals surface area contributed by atoms with Crippen LogP contribution >= 0.6 is 11.3 Å². The zero-order chi connectivity index (χ0) is 13.7. The molecule has 2 aromatic rings. The van der Waals surface area contributed by atoms with Crippen LogP contribution < -0.4 is 10.1 Å². The van der Waals surface area contributed by atoms with Gasteiger partial charge in [-0.1, -0.05) is 0 Å². The smallest absolute Gasteiger partial charge is 0.218 e. The molecule has 0 fully saturated rings. The molecule has 0 aliphatic rings. The molecule has 5 nitrogen and oxygen atoms in total. The van der Waals surface area contributed by atoms with Gasteiger partial charge in [0, 0.05) is 12.6 Å². The van der Waals surface area contributed by atoms with Crippen molar-refractivity contribution in [2.24, 2.45) is 0 Å². The van der Waals surface area contributed by atoms with Crippen molar-refractivity contribution in [3.05, 3.63) is 34.8 Å². The van der Waals surface area contributed by atoms with Gasteiger partial charge in [-0.3, -0.25) is 0 Å². The molecule has 19 heavy (non-hydrogen) atoms. The first kappa shape index (κ1) is 13.8. The third-order valence-corrected chi connectivity index (χ3v) is 3.10. The Bertz CT molecular complexity index is 502. The average molecular weight is 279 g/mol. The first-order chi connectivity index (χ1) is 9.15. The Labute approximate surface area is 116 Å². The van der Waals surface area contributed by atoms with Gasteiger partial charge >= 0.3 is 0 Å². The number of hydrogen-bond acceptors (Lipinski definition) is 6. The summed E-state index contributed by atoms with van der Waals surface area (Å²) in [5.74, 6) is 1.16. The van der Waals surface area contributed by atoms with Crippen molar-refractivity contribution in [1.82, 2.24) is 9.97 Å². The second-order valence-corrected chi connectivity index (χ2v) is 5.14. The fraction of sp³-hybridized carbons (Fsp3) is 0.385. The predicted molar refractivity (Wildman–Crippen MR) is 75.6 cm³/mol. The van der Waals surface area contributed by atoms with Crippen LogP contribution in [-0.2, 0) is 0 Å². The Kier molecular flexibility index (Phi) is 4.70. The van der Waals surface area contributed by atoms with E-state index in [1.807, 2.05) is 30.7 Å². The molecule has 0 radical (unpaired) electrons. The molecule has 0 bridgehead atoms. The minimum Gasteiger partial charge on any atom is -0.475 e. The molecule has 0 spiro atoms. The summed E-state index contributed by atoms with van der Waals surface area (Å²) in [4.78, 5) is 8.11. The van der Waals surface area contributed by atoms with Gasteiger partial charge in [-0.15, -0.1) is 0 Å². The molecule has 2 heterocycles. The van der Waals surface area contributed by atoms with E-state index in [1.54, 1.807) is 17.4 Å². The third kappa shape index (κ3) is 4.18. The summed E-state index contributed by atoms with van der Waals surface area (Å²) in [5, 5.41) is 16.9. The van der Waals surface area contributed by atoms with E-state index in [4.69, 9.17) is 4.74 Å². The van der Waals surface area contributed by atoms with Crippen molar-refractivity contribution in [2.75, 3.05) is 11.9 Å². The van der Waals surface area contributed by atoms with Gasteiger partial charge in [-0.05, 0) is 36.2 Å². The van der Waals surface area contributed by atoms with Gasteiger partial charge < -0.3 is 15.2 Å². The molecule has 2 rings (SSSR count). The molecule has 0 aromatic carbocycles. The number of aromatic nitrogens is 2. The lowest BCUT2D eigenvalue weighted by molar-refractivity contribution is 0.192. The highest BCUT2D eigenvalue weighted by molar-refractivity contribution is 7.07. The maximum atomic E-state index is 9.95. The van der Waals surface area contributed by atoms with Crippen LogP contribution in [0.5, 0.6) is 5.88 Å². The van der Waals surface area contributed by atoms with Crippen molar-refractivity contribution in [3.63, 3.8) is 0 Å². The van der Waals surface area contributed by atoms with Crippen molar-refractivity contribution < 1.29 is 9.84 Å². The second kappa shape index (κ2) is 6.49. The maximum absolute atomic E-state index is 9.95. The monoisotopic (exact) mass is 279 g/mol. The van der Waals surface area contributed by atoms with Crippen LogP contribution in [-0.4, -0.2) is 27.7 Å². The summed E-state index contributed by atoms with van der Waals surface area (Å²) in [6.45, 7) is 4.28. The summed E-state index contributed by atoms with van der Waals surface area (Å²) in [5.41, 5.74) is 0.908. The Morgan fingerprint density at radius 2 is 2.26 bits per heavy atom. The first-order valence-corrected chi connectivity index (χ1v) is 7.02. The fourth-order valence-corrected chi connectivity index (χ4v) is 2.23. The summed E-state index contributed by atoms with van der Waals surface area (Å²) in [7, 11) is 0. The van der Waals surface area contributed by atoms with E-state index in [-0.39, 0.29) is 6.10 Å². The quantitative estimate of drug-likeness (QED) is 0.850. The molecule has 2 aromatic heterocycles. The largest absolute Gasteiger partial charge is 0.475 e. The second-order valence-electron chi connectivity index (χ2n) is 4.36. The zero-order valence-corrected chi connectivity index (χ0v) is 11.7. The molecule has 0 aliphatic heterocycles. The van der Waals surface area contributed by atoms with Gasteiger partial charge in [0.25, 0.3) is 0 Å². The van der Waals surface area contributed by atoms with Crippen LogP contribution in [0.3, 0.4) is 0 Å². The lowest BCUT2D eigenvalue weighted by Gasteiger charge is -2.12. The molecule has 1 atom stereocenters. The molecule has 6 heteroatoms. The first-order valence-electron chi connectivity index (χ1n) is 6.08. The predicted octanol–water partition coefficient (Wildman–Crippen LogP) is 2.47. The van der Waals surface area contributed by atoms with Crippen LogP contribution in [0.4, 0.5) is 5.82 Å². The normalized spacial score (nSPS) is 12.4. The minimum absolute atomic E-state index is 0.0687. The Morgan fingerprint density at radius 1 is 1.42 bits per heavy atom. The highest BCUT2D eigenvalue weighted by Gasteiger charge is 2.08. The van der Waals surface area contributed by atoms with E-state index in [0.717, 1.165) is 5.56 Å². The topological polar surface area (TPSA) is 67.3 Å². The van der Waals surface area contributed by atoms with Gasteiger partial charge in [0.05, 0.1) is 12.2 Å². The van der Waals surface area contributed by atoms with Crippen molar-refractivity contribution >= 4 is 17.2 Å². The molecule has 0 saturated heterocycles. The molecule has 0 aliphatic carbocycles. The van der Waals surface area contributed by atoms with E-state index >= 15 is 0 Å². The van der Waals surface area contributed by atoms with Gasteiger partial charge in [0.15, 0.2) is 0 Å². The van der Waals surface area contributed by atoms with E-state index in [1.165, 1.54) is 6.33 Å². The zero-order valence-electron chi connectivity index (χ0n) is 10.9. The van der Waals surface area contributed by atoms with Gasteiger partial charge in [-0.2, -0.15) is 11.3 Å². The Morgan fingerprint density at radius 3 is 2.95 bits per heavy atom. The lowest BCUT2D eigenvalue weighted by Crippen LogP contribution is -2.13.